The maximum atomic E-state index is 12.0. The monoisotopic (exact) mass is 300 g/mol. The highest BCUT2D eigenvalue weighted by Gasteiger charge is 2.17. The normalized spacial score (nSPS) is 10.7. The predicted molar refractivity (Wildman–Crippen MR) is 72.9 cm³/mol. The summed E-state index contributed by atoms with van der Waals surface area (Å²) in [6, 6.07) is 0. The molecule has 0 aliphatic carbocycles. The van der Waals surface area contributed by atoms with Crippen LogP contribution in [-0.4, -0.2) is 27.8 Å². The van der Waals surface area contributed by atoms with Crippen molar-refractivity contribution in [1.29, 1.82) is 0 Å². The van der Waals surface area contributed by atoms with Crippen LogP contribution in [0.15, 0.2) is 4.79 Å². The van der Waals surface area contributed by atoms with Gasteiger partial charge in [-0.1, -0.05) is 22.7 Å². The lowest BCUT2D eigenvalue weighted by Crippen LogP contribution is -2.12. The highest BCUT2D eigenvalue weighted by atomic mass is 32.1. The minimum Gasteiger partial charge on any atom is -0.377 e. The van der Waals surface area contributed by atoms with Gasteiger partial charge in [-0.25, -0.2) is 0 Å². The number of hydrogen-bond acceptors (Lipinski definition) is 7. The molecule has 2 aromatic rings. The fourth-order valence-electron chi connectivity index (χ4n) is 1.37. The molecule has 19 heavy (non-hydrogen) atoms. The van der Waals surface area contributed by atoms with E-state index < -0.39 is 0 Å². The second-order valence-corrected chi connectivity index (χ2v) is 5.75. The Morgan fingerprint density at radius 2 is 2.16 bits per heavy atom. The summed E-state index contributed by atoms with van der Waals surface area (Å²) in [5.74, 6) is -0.347. The molecule has 1 amide bonds. The van der Waals surface area contributed by atoms with Crippen molar-refractivity contribution in [2.75, 3.05) is 12.4 Å². The molecule has 0 radical (unpaired) electrons. The molecule has 0 saturated heterocycles. The van der Waals surface area contributed by atoms with Crippen molar-refractivity contribution in [2.45, 2.75) is 13.5 Å². The van der Waals surface area contributed by atoms with Crippen molar-refractivity contribution >= 4 is 33.7 Å². The topological polar surface area (TPSA) is 86.1 Å². The van der Waals surface area contributed by atoms with Crippen LogP contribution >= 0.6 is 22.7 Å². The Morgan fingerprint density at radius 3 is 2.74 bits per heavy atom. The number of rotatable bonds is 4. The predicted octanol–water partition coefficient (Wildman–Crippen LogP) is 1.01. The summed E-state index contributed by atoms with van der Waals surface area (Å²) in [6.07, 6.45) is 0. The van der Waals surface area contributed by atoms with Crippen molar-refractivity contribution in [2.24, 2.45) is 7.05 Å². The van der Waals surface area contributed by atoms with Crippen molar-refractivity contribution < 1.29 is 9.53 Å². The van der Waals surface area contributed by atoms with E-state index in [1.165, 1.54) is 15.9 Å². The van der Waals surface area contributed by atoms with Crippen molar-refractivity contribution in [1.82, 2.24) is 14.8 Å². The van der Waals surface area contributed by atoms with E-state index in [0.29, 0.717) is 27.3 Å². The van der Waals surface area contributed by atoms with E-state index in [1.807, 2.05) is 0 Å². The van der Waals surface area contributed by atoms with Crippen LogP contribution in [0.2, 0.25) is 0 Å². The molecule has 0 unspecified atom stereocenters. The van der Waals surface area contributed by atoms with Crippen molar-refractivity contribution in [3.05, 3.63) is 25.2 Å². The summed E-state index contributed by atoms with van der Waals surface area (Å²) in [5, 5.41) is 11.4. The Hall–Kier alpha value is -1.58. The number of carbonyl (C=O) groups is 1. The van der Waals surface area contributed by atoms with E-state index in [1.54, 1.807) is 21.1 Å². The Morgan fingerprint density at radius 1 is 1.42 bits per heavy atom. The van der Waals surface area contributed by atoms with Gasteiger partial charge in [0.05, 0.1) is 0 Å². The third-order valence-electron chi connectivity index (χ3n) is 2.46. The van der Waals surface area contributed by atoms with Crippen LogP contribution in [0.4, 0.5) is 5.13 Å². The molecular formula is C10H12N4O3S2. The number of nitrogens with zero attached hydrogens (tertiary/aromatic N) is 3. The van der Waals surface area contributed by atoms with Gasteiger partial charge in [-0.2, -0.15) is 0 Å². The third kappa shape index (κ3) is 2.88. The Labute approximate surface area is 116 Å². The van der Waals surface area contributed by atoms with Gasteiger partial charge in [0.1, 0.15) is 16.5 Å². The molecule has 0 aromatic carbocycles. The van der Waals surface area contributed by atoms with Gasteiger partial charge in [-0.05, 0) is 6.92 Å². The van der Waals surface area contributed by atoms with E-state index in [9.17, 15) is 9.59 Å². The molecule has 102 valence electrons. The standard InChI is InChI=1S/C10H12N4O3S2/c1-5-7(19-10(16)14(5)2)8(15)11-9-13-12-6(18-9)4-17-3/h4H2,1-3H3,(H,11,13,15). The van der Waals surface area contributed by atoms with Crippen molar-refractivity contribution in [3.63, 3.8) is 0 Å². The third-order valence-corrected chi connectivity index (χ3v) is 4.40. The number of thiazole rings is 1. The molecular weight excluding hydrogens is 288 g/mol. The maximum absolute atomic E-state index is 12.0. The first-order chi connectivity index (χ1) is 9.02. The molecule has 2 rings (SSSR count). The molecule has 0 aliphatic rings. The van der Waals surface area contributed by atoms with E-state index >= 15 is 0 Å². The summed E-state index contributed by atoms with van der Waals surface area (Å²) >= 11 is 2.15. The molecule has 0 fully saturated rings. The lowest BCUT2D eigenvalue weighted by atomic mass is 10.4. The number of carbonyl (C=O) groups excluding carboxylic acids is 1. The molecule has 0 bridgehead atoms. The molecule has 2 heterocycles. The molecule has 2 aromatic heterocycles. The van der Waals surface area contributed by atoms with E-state index in [0.717, 1.165) is 11.3 Å². The van der Waals surface area contributed by atoms with Crippen molar-refractivity contribution in [3.8, 4) is 0 Å². The van der Waals surface area contributed by atoms with Gasteiger partial charge in [-0.15, -0.1) is 10.2 Å². The van der Waals surface area contributed by atoms with E-state index in [-0.39, 0.29) is 10.8 Å². The smallest absolute Gasteiger partial charge is 0.307 e. The summed E-state index contributed by atoms with van der Waals surface area (Å²) in [4.78, 5) is 23.7. The molecule has 7 nitrogen and oxygen atoms in total. The number of amides is 1. The number of ether oxygens (including phenoxy) is 1. The lowest BCUT2D eigenvalue weighted by Gasteiger charge is -1.99. The highest BCUT2D eigenvalue weighted by molar-refractivity contribution is 7.15. The van der Waals surface area contributed by atoms with Gasteiger partial charge in [0, 0.05) is 19.9 Å². The minimum absolute atomic E-state index is 0.167. The lowest BCUT2D eigenvalue weighted by molar-refractivity contribution is 0.102. The van der Waals surface area contributed by atoms with E-state index in [2.05, 4.69) is 15.5 Å². The fraction of sp³-hybridized carbons (Fsp3) is 0.400. The van der Waals surface area contributed by atoms with Gasteiger partial charge in [0.25, 0.3) is 5.91 Å². The molecule has 9 heteroatoms. The number of anilines is 1. The van der Waals surface area contributed by atoms with Gasteiger partial charge in [0.2, 0.25) is 5.13 Å². The summed E-state index contributed by atoms with van der Waals surface area (Å²) < 4.78 is 6.36. The van der Waals surface area contributed by atoms with Crippen LogP contribution in [0.25, 0.3) is 0 Å². The average molecular weight is 300 g/mol. The largest absolute Gasteiger partial charge is 0.377 e. The second kappa shape index (κ2) is 5.59. The van der Waals surface area contributed by atoms with E-state index in [4.69, 9.17) is 4.74 Å². The molecule has 0 aliphatic heterocycles. The van der Waals surface area contributed by atoms with Gasteiger partial charge < -0.3 is 9.30 Å². The van der Waals surface area contributed by atoms with Crippen LogP contribution in [0, 0.1) is 6.92 Å². The average Bonchev–Trinajstić information content (AvgIpc) is 2.90. The zero-order chi connectivity index (χ0) is 14.0. The molecule has 0 spiro atoms. The quantitative estimate of drug-likeness (QED) is 0.910. The van der Waals surface area contributed by atoms with Crippen LogP contribution < -0.4 is 10.2 Å². The second-order valence-electron chi connectivity index (χ2n) is 3.73. The number of methoxy groups -OCH3 is 1. The van der Waals surface area contributed by atoms with Crippen LogP contribution in [0.5, 0.6) is 0 Å². The SMILES string of the molecule is COCc1nnc(NC(=O)c2sc(=O)n(C)c2C)s1. The Balaban J connectivity index is 2.16. The number of nitrogens with one attached hydrogen (secondary N) is 1. The Kier molecular flexibility index (Phi) is 4.08. The molecule has 1 N–H and O–H groups in total. The van der Waals surface area contributed by atoms with Gasteiger partial charge >= 0.3 is 4.87 Å². The minimum atomic E-state index is -0.347. The first-order valence-electron chi connectivity index (χ1n) is 5.32. The number of hydrogen-bond donors (Lipinski definition) is 1. The van der Waals surface area contributed by atoms with Crippen LogP contribution in [0.1, 0.15) is 20.4 Å². The zero-order valence-corrected chi connectivity index (χ0v) is 12.2. The highest BCUT2D eigenvalue weighted by Crippen LogP contribution is 2.18. The molecule has 0 atom stereocenters. The molecule has 0 saturated carbocycles. The van der Waals surface area contributed by atoms with Crippen LogP contribution in [-0.2, 0) is 18.4 Å². The van der Waals surface area contributed by atoms with Gasteiger partial charge in [0.15, 0.2) is 0 Å². The number of aromatic nitrogens is 3. The first kappa shape index (κ1) is 13.8. The first-order valence-corrected chi connectivity index (χ1v) is 6.95. The fourth-order valence-corrected chi connectivity index (χ4v) is 2.95. The van der Waals surface area contributed by atoms with Gasteiger partial charge in [-0.3, -0.25) is 14.9 Å². The zero-order valence-electron chi connectivity index (χ0n) is 10.6. The van der Waals surface area contributed by atoms with Crippen LogP contribution in [0.3, 0.4) is 0 Å². The summed E-state index contributed by atoms with van der Waals surface area (Å²) in [6.45, 7) is 2.08. The summed E-state index contributed by atoms with van der Waals surface area (Å²) in [5.41, 5.74) is 0.633. The maximum Gasteiger partial charge on any atom is 0.307 e. The summed E-state index contributed by atoms with van der Waals surface area (Å²) in [7, 11) is 3.19. The Bertz CT molecular complexity index is 658.